The van der Waals surface area contributed by atoms with Crippen molar-refractivity contribution in [3.05, 3.63) is 21.9 Å². The van der Waals surface area contributed by atoms with Gasteiger partial charge in [0.1, 0.15) is 6.04 Å². The summed E-state index contributed by atoms with van der Waals surface area (Å²) in [6.07, 6.45) is 3.47. The Labute approximate surface area is 92.9 Å². The Morgan fingerprint density at radius 1 is 1.53 bits per heavy atom. The highest BCUT2D eigenvalue weighted by atomic mass is 32.1. The van der Waals surface area contributed by atoms with Crippen LogP contribution in [0.1, 0.15) is 29.3 Å². The molecular weight excluding hydrogens is 208 g/mol. The topological polar surface area (TPSA) is 46.3 Å². The molecule has 1 aliphatic carbocycles. The first-order chi connectivity index (χ1) is 7.27. The fraction of sp³-hybridized carbons (Fsp3) is 0.545. The third-order valence-electron chi connectivity index (χ3n) is 3.39. The maximum atomic E-state index is 11.6. The zero-order valence-corrected chi connectivity index (χ0v) is 9.30. The van der Waals surface area contributed by atoms with Crippen molar-refractivity contribution < 1.29 is 4.79 Å². The number of β-lactam (4-membered cyclic amide) rings is 1. The van der Waals surface area contributed by atoms with E-state index in [0.717, 1.165) is 13.0 Å². The molecule has 1 aromatic rings. The number of aryl methyl sites for hydroxylation is 1. The van der Waals surface area contributed by atoms with Crippen LogP contribution in [0.2, 0.25) is 0 Å². The number of nitrogens with two attached hydrogens (primary N) is 1. The predicted octanol–water partition coefficient (Wildman–Crippen LogP) is 1.29. The van der Waals surface area contributed by atoms with Gasteiger partial charge in [0.25, 0.3) is 0 Å². The highest BCUT2D eigenvalue weighted by Crippen LogP contribution is 2.39. The number of likely N-dealkylation sites (tertiary alicyclic amines) is 1. The molecule has 3 nitrogen and oxygen atoms in total. The summed E-state index contributed by atoms with van der Waals surface area (Å²) in [5.74, 6) is 0.124. The van der Waals surface area contributed by atoms with Gasteiger partial charge in [-0.1, -0.05) is 0 Å². The lowest BCUT2D eigenvalue weighted by atomic mass is 9.90. The van der Waals surface area contributed by atoms with Crippen LogP contribution in [0.25, 0.3) is 0 Å². The van der Waals surface area contributed by atoms with Gasteiger partial charge >= 0.3 is 0 Å². The van der Waals surface area contributed by atoms with Gasteiger partial charge in [-0.25, -0.2) is 0 Å². The van der Waals surface area contributed by atoms with Crippen LogP contribution in [-0.4, -0.2) is 23.4 Å². The summed E-state index contributed by atoms with van der Waals surface area (Å²) in [5, 5.41) is 2.13. The van der Waals surface area contributed by atoms with Gasteiger partial charge in [0.15, 0.2) is 0 Å². The van der Waals surface area contributed by atoms with E-state index >= 15 is 0 Å². The SMILES string of the molecule is NC1CN(C2CCCc3sccc32)C1=O. The first-order valence-electron chi connectivity index (χ1n) is 5.39. The first-order valence-corrected chi connectivity index (χ1v) is 6.27. The zero-order chi connectivity index (χ0) is 10.4. The lowest BCUT2D eigenvalue weighted by molar-refractivity contribution is -0.146. The second-order valence-corrected chi connectivity index (χ2v) is 5.30. The fourth-order valence-electron chi connectivity index (χ4n) is 2.55. The number of hydrogen-bond acceptors (Lipinski definition) is 3. The number of amides is 1. The van der Waals surface area contributed by atoms with E-state index in [2.05, 4.69) is 11.4 Å². The molecule has 0 aromatic carbocycles. The summed E-state index contributed by atoms with van der Waals surface area (Å²) in [6.45, 7) is 0.735. The van der Waals surface area contributed by atoms with Crippen molar-refractivity contribution in [2.75, 3.05) is 6.54 Å². The summed E-state index contributed by atoms with van der Waals surface area (Å²) in [5.41, 5.74) is 6.99. The van der Waals surface area contributed by atoms with Crippen LogP contribution in [0.15, 0.2) is 11.4 Å². The predicted molar refractivity (Wildman–Crippen MR) is 59.7 cm³/mol. The normalized spacial score (nSPS) is 29.9. The minimum atomic E-state index is -0.242. The molecular formula is C11H14N2OS. The van der Waals surface area contributed by atoms with Crippen molar-refractivity contribution in [3.8, 4) is 0 Å². The summed E-state index contributed by atoms with van der Waals surface area (Å²) in [4.78, 5) is 15.0. The molecule has 2 N–H and O–H groups in total. The lowest BCUT2D eigenvalue weighted by Gasteiger charge is -2.43. The van der Waals surface area contributed by atoms with Gasteiger partial charge in [-0.05, 0) is 36.3 Å². The Hall–Kier alpha value is -0.870. The van der Waals surface area contributed by atoms with Crippen molar-refractivity contribution in [3.63, 3.8) is 0 Å². The molecule has 0 radical (unpaired) electrons. The summed E-state index contributed by atoms with van der Waals surface area (Å²) >= 11 is 1.81. The van der Waals surface area contributed by atoms with Crippen molar-refractivity contribution in [2.45, 2.75) is 31.3 Å². The van der Waals surface area contributed by atoms with E-state index in [4.69, 9.17) is 5.73 Å². The van der Waals surface area contributed by atoms with Gasteiger partial charge in [-0.3, -0.25) is 4.79 Å². The zero-order valence-electron chi connectivity index (χ0n) is 8.48. The second kappa shape index (κ2) is 3.32. The molecule has 15 heavy (non-hydrogen) atoms. The molecule has 1 amide bonds. The molecule has 1 saturated heterocycles. The van der Waals surface area contributed by atoms with Crippen LogP contribution in [-0.2, 0) is 11.2 Å². The van der Waals surface area contributed by atoms with Crippen LogP contribution >= 0.6 is 11.3 Å². The Morgan fingerprint density at radius 2 is 2.40 bits per heavy atom. The monoisotopic (exact) mass is 222 g/mol. The van der Waals surface area contributed by atoms with E-state index in [1.165, 1.54) is 23.3 Å². The maximum absolute atomic E-state index is 11.6. The van der Waals surface area contributed by atoms with Crippen molar-refractivity contribution in [1.82, 2.24) is 4.90 Å². The van der Waals surface area contributed by atoms with Crippen molar-refractivity contribution >= 4 is 17.2 Å². The van der Waals surface area contributed by atoms with Crippen LogP contribution in [0.4, 0.5) is 0 Å². The molecule has 80 valence electrons. The molecule has 4 heteroatoms. The first kappa shape index (κ1) is 9.36. The van der Waals surface area contributed by atoms with Gasteiger partial charge in [0.2, 0.25) is 5.91 Å². The van der Waals surface area contributed by atoms with E-state index in [1.807, 2.05) is 16.2 Å². The molecule has 0 bridgehead atoms. The van der Waals surface area contributed by atoms with E-state index in [1.54, 1.807) is 0 Å². The Bertz CT molecular complexity index is 401. The van der Waals surface area contributed by atoms with Gasteiger partial charge in [0, 0.05) is 11.4 Å². The van der Waals surface area contributed by atoms with Crippen LogP contribution in [0, 0.1) is 0 Å². The average molecular weight is 222 g/mol. The summed E-state index contributed by atoms with van der Waals surface area (Å²) < 4.78 is 0. The lowest BCUT2D eigenvalue weighted by Crippen LogP contribution is -2.61. The van der Waals surface area contributed by atoms with E-state index < -0.39 is 0 Å². The molecule has 2 aliphatic rings. The van der Waals surface area contributed by atoms with Gasteiger partial charge in [-0.15, -0.1) is 11.3 Å². The maximum Gasteiger partial charge on any atom is 0.241 e. The second-order valence-electron chi connectivity index (χ2n) is 4.30. The Morgan fingerprint density at radius 3 is 3.13 bits per heavy atom. The van der Waals surface area contributed by atoms with Crippen LogP contribution < -0.4 is 5.73 Å². The summed E-state index contributed by atoms with van der Waals surface area (Å²) in [7, 11) is 0. The Balaban J connectivity index is 1.87. The van der Waals surface area contributed by atoms with E-state index in [0.29, 0.717) is 6.04 Å². The molecule has 2 unspecified atom stereocenters. The number of hydrogen-bond donors (Lipinski definition) is 1. The van der Waals surface area contributed by atoms with Crippen LogP contribution in [0.5, 0.6) is 0 Å². The molecule has 0 saturated carbocycles. The summed E-state index contributed by atoms with van der Waals surface area (Å²) in [6, 6.07) is 2.24. The molecule has 2 heterocycles. The highest BCUT2D eigenvalue weighted by molar-refractivity contribution is 7.10. The van der Waals surface area contributed by atoms with Gasteiger partial charge in [-0.2, -0.15) is 0 Å². The quantitative estimate of drug-likeness (QED) is 0.728. The Kier molecular flexibility index (Phi) is 2.07. The van der Waals surface area contributed by atoms with E-state index in [9.17, 15) is 4.79 Å². The average Bonchev–Trinajstić information content (AvgIpc) is 2.73. The number of carbonyl (C=O) groups is 1. The smallest absolute Gasteiger partial charge is 0.241 e. The molecule has 1 fully saturated rings. The van der Waals surface area contributed by atoms with E-state index in [-0.39, 0.29) is 11.9 Å². The van der Waals surface area contributed by atoms with Gasteiger partial charge in [0.05, 0.1) is 6.04 Å². The number of carbonyl (C=O) groups excluding carboxylic acids is 1. The fourth-order valence-corrected chi connectivity index (χ4v) is 3.53. The highest BCUT2D eigenvalue weighted by Gasteiger charge is 2.40. The minimum absolute atomic E-state index is 0.124. The molecule has 0 spiro atoms. The molecule has 1 aromatic heterocycles. The van der Waals surface area contributed by atoms with Crippen molar-refractivity contribution in [2.24, 2.45) is 5.73 Å². The largest absolute Gasteiger partial charge is 0.332 e. The third kappa shape index (κ3) is 1.32. The number of thiophene rings is 1. The number of rotatable bonds is 1. The molecule has 2 atom stereocenters. The van der Waals surface area contributed by atoms with Crippen molar-refractivity contribution in [1.29, 1.82) is 0 Å². The molecule has 3 rings (SSSR count). The number of nitrogens with zero attached hydrogens (tertiary/aromatic N) is 1. The number of fused-ring (bicyclic) bond motifs is 1. The third-order valence-corrected chi connectivity index (χ3v) is 4.39. The van der Waals surface area contributed by atoms with Crippen LogP contribution in [0.3, 0.4) is 0 Å². The minimum Gasteiger partial charge on any atom is -0.332 e. The van der Waals surface area contributed by atoms with Gasteiger partial charge < -0.3 is 10.6 Å². The standard InChI is InChI=1S/C11H14N2OS/c12-8-6-13(11(8)14)9-2-1-3-10-7(9)4-5-15-10/h4-5,8-9H,1-3,6,12H2. The molecule has 1 aliphatic heterocycles.